The number of rotatable bonds is 6. The predicted molar refractivity (Wildman–Crippen MR) is 134 cm³/mol. The number of carbonyl (C=O) groups excluding carboxylic acids is 2. The average molecular weight is 517 g/mol. The molecule has 36 heavy (non-hydrogen) atoms. The van der Waals surface area contributed by atoms with E-state index in [0.717, 1.165) is 26.9 Å². The van der Waals surface area contributed by atoms with Crippen LogP contribution < -0.4 is 10.2 Å². The van der Waals surface area contributed by atoms with E-state index < -0.39 is 16.7 Å². The zero-order valence-electron chi connectivity index (χ0n) is 18.9. The van der Waals surface area contributed by atoms with Crippen LogP contribution in [0.5, 0.6) is 0 Å². The molecule has 0 radical (unpaired) electrons. The molecule has 0 atom stereocenters. The summed E-state index contributed by atoms with van der Waals surface area (Å²) in [5.41, 5.74) is 3.01. The van der Waals surface area contributed by atoms with E-state index in [1.807, 2.05) is 20.0 Å². The lowest BCUT2D eigenvalue weighted by Gasteiger charge is -2.13. The van der Waals surface area contributed by atoms with Gasteiger partial charge in [-0.3, -0.25) is 19.7 Å². The van der Waals surface area contributed by atoms with Crippen LogP contribution in [-0.2, 0) is 6.54 Å². The summed E-state index contributed by atoms with van der Waals surface area (Å²) in [6.45, 7) is 2.40. The van der Waals surface area contributed by atoms with Gasteiger partial charge in [0.2, 0.25) is 0 Å². The molecule has 12 heteroatoms. The lowest BCUT2D eigenvalue weighted by molar-refractivity contribution is -0.384. The number of fused-ring (bicyclic) bond motifs is 2. The fourth-order valence-electron chi connectivity index (χ4n) is 3.97. The zero-order valence-corrected chi connectivity index (χ0v) is 20.6. The molecule has 10 nitrogen and oxygen atoms in total. The van der Waals surface area contributed by atoms with Crippen molar-refractivity contribution in [1.82, 2.24) is 15.3 Å². The highest BCUT2D eigenvalue weighted by Crippen LogP contribution is 2.38. The number of nitrogens with one attached hydrogen (secondary N) is 1. The van der Waals surface area contributed by atoms with Crippen molar-refractivity contribution in [3.05, 3.63) is 80.5 Å². The van der Waals surface area contributed by atoms with Gasteiger partial charge in [0.25, 0.3) is 17.5 Å². The van der Waals surface area contributed by atoms with Crippen LogP contribution in [0.15, 0.2) is 51.8 Å². The highest BCUT2D eigenvalue weighted by Gasteiger charge is 2.38. The molecule has 2 aromatic heterocycles. The number of nitro benzene ring substituents is 1. The van der Waals surface area contributed by atoms with E-state index in [9.17, 15) is 25.0 Å². The minimum atomic E-state index is -0.614. The van der Waals surface area contributed by atoms with E-state index in [1.54, 1.807) is 18.2 Å². The first kappa shape index (κ1) is 23.6. The Bertz CT molecular complexity index is 1640. The molecule has 2 amide bonds. The van der Waals surface area contributed by atoms with Gasteiger partial charge in [0.1, 0.15) is 11.1 Å². The number of non-ortho nitro benzene ring substituents is 1. The molecular weight excluding hydrogens is 500 g/mol. The fourth-order valence-corrected chi connectivity index (χ4v) is 6.15. The maximum absolute atomic E-state index is 13.0. The Hall–Kier alpha value is -4.18. The molecule has 5 rings (SSSR count). The summed E-state index contributed by atoms with van der Waals surface area (Å²) >= 11 is 2.64. The van der Waals surface area contributed by atoms with Crippen molar-refractivity contribution in [2.75, 3.05) is 11.9 Å². The standard InChI is InChI=1S/C24H16N6O4S2/c1-12-7-13(11-26-2)18(10-25)21(27-12)36-24-28-19-6-4-14(9-20(19)35-24)29-22(31)16-5-3-15(30(33)34)8-17(16)23(29)32/h3-9,26H,11H2,1-2H3. The van der Waals surface area contributed by atoms with Gasteiger partial charge in [0, 0.05) is 24.4 Å². The molecule has 0 bridgehead atoms. The van der Waals surface area contributed by atoms with E-state index >= 15 is 0 Å². The third-order valence-electron chi connectivity index (χ3n) is 5.55. The van der Waals surface area contributed by atoms with Crippen molar-refractivity contribution >= 4 is 56.5 Å². The lowest BCUT2D eigenvalue weighted by atomic mass is 10.1. The number of nitrogens with zero attached hydrogens (tertiary/aromatic N) is 5. The summed E-state index contributed by atoms with van der Waals surface area (Å²) in [5, 5.41) is 24.4. The second-order valence-corrected chi connectivity index (χ2v) is 10.2. The first-order valence-corrected chi connectivity index (χ1v) is 12.2. The summed E-state index contributed by atoms with van der Waals surface area (Å²) < 4.78 is 1.39. The van der Waals surface area contributed by atoms with Crippen LogP contribution in [0.2, 0.25) is 0 Å². The van der Waals surface area contributed by atoms with Crippen molar-refractivity contribution in [2.45, 2.75) is 22.8 Å². The van der Waals surface area contributed by atoms with Crippen molar-refractivity contribution in [2.24, 2.45) is 0 Å². The summed E-state index contributed by atoms with van der Waals surface area (Å²) in [6.07, 6.45) is 0. The van der Waals surface area contributed by atoms with Gasteiger partial charge in [-0.25, -0.2) is 14.9 Å². The molecule has 1 N–H and O–H groups in total. The number of nitriles is 1. The molecule has 2 aromatic carbocycles. The molecular formula is C24H16N6O4S2. The first-order chi connectivity index (χ1) is 17.3. The number of benzene rings is 2. The smallest absolute Gasteiger partial charge is 0.270 e. The van der Waals surface area contributed by atoms with Crippen LogP contribution in [0.4, 0.5) is 11.4 Å². The predicted octanol–water partition coefficient (Wildman–Crippen LogP) is 4.45. The Kier molecular flexibility index (Phi) is 5.97. The highest BCUT2D eigenvalue weighted by molar-refractivity contribution is 8.01. The van der Waals surface area contributed by atoms with Gasteiger partial charge in [0.05, 0.1) is 37.5 Å². The van der Waals surface area contributed by atoms with Crippen LogP contribution in [0.3, 0.4) is 0 Å². The van der Waals surface area contributed by atoms with Gasteiger partial charge in [-0.15, -0.1) is 11.3 Å². The number of nitro groups is 1. The zero-order chi connectivity index (χ0) is 25.6. The number of aryl methyl sites for hydroxylation is 1. The van der Waals surface area contributed by atoms with Gasteiger partial charge >= 0.3 is 0 Å². The number of carbonyl (C=O) groups is 2. The second-order valence-electron chi connectivity index (χ2n) is 7.91. The maximum Gasteiger partial charge on any atom is 0.270 e. The molecule has 178 valence electrons. The third-order valence-corrected chi connectivity index (χ3v) is 7.62. The quantitative estimate of drug-likeness (QED) is 0.223. The Labute approximate surface area is 212 Å². The number of thiazole rings is 1. The van der Waals surface area contributed by atoms with Gasteiger partial charge in [-0.05, 0) is 61.6 Å². The molecule has 0 unspecified atom stereocenters. The summed E-state index contributed by atoms with van der Waals surface area (Å²) in [4.78, 5) is 46.6. The van der Waals surface area contributed by atoms with E-state index in [0.29, 0.717) is 32.7 Å². The Balaban J connectivity index is 1.48. The number of pyridine rings is 1. The molecule has 1 aliphatic rings. The van der Waals surface area contributed by atoms with Crippen LogP contribution >= 0.6 is 23.1 Å². The molecule has 0 aliphatic carbocycles. The van der Waals surface area contributed by atoms with Crippen LogP contribution in [0.1, 0.15) is 37.5 Å². The second kappa shape index (κ2) is 9.12. The third kappa shape index (κ3) is 3.99. The molecule has 0 fully saturated rings. The van der Waals surface area contributed by atoms with Crippen molar-refractivity contribution in [3.8, 4) is 6.07 Å². The molecule has 0 saturated heterocycles. The van der Waals surface area contributed by atoms with Crippen LogP contribution in [0, 0.1) is 28.4 Å². The number of aromatic nitrogens is 2. The van der Waals surface area contributed by atoms with Gasteiger partial charge in [-0.2, -0.15) is 5.26 Å². The van der Waals surface area contributed by atoms with Crippen molar-refractivity contribution in [1.29, 1.82) is 5.26 Å². The lowest BCUT2D eigenvalue weighted by Crippen LogP contribution is -2.29. The largest absolute Gasteiger partial charge is 0.316 e. The summed E-state index contributed by atoms with van der Waals surface area (Å²) in [5.74, 6) is -1.15. The maximum atomic E-state index is 13.0. The van der Waals surface area contributed by atoms with Gasteiger partial charge in [-0.1, -0.05) is 0 Å². The van der Waals surface area contributed by atoms with E-state index in [-0.39, 0.29) is 16.8 Å². The molecule has 3 heterocycles. The molecule has 1 aliphatic heterocycles. The number of hydrogen-bond acceptors (Lipinski definition) is 10. The Morgan fingerprint density at radius 3 is 2.64 bits per heavy atom. The highest BCUT2D eigenvalue weighted by atomic mass is 32.2. The fraction of sp³-hybridized carbons (Fsp3) is 0.125. The van der Waals surface area contributed by atoms with Crippen molar-refractivity contribution < 1.29 is 14.5 Å². The topological polar surface area (TPSA) is 142 Å². The Morgan fingerprint density at radius 2 is 1.92 bits per heavy atom. The van der Waals surface area contributed by atoms with Crippen LogP contribution in [-0.4, -0.2) is 33.8 Å². The number of amides is 2. The molecule has 4 aromatic rings. The van der Waals surface area contributed by atoms with E-state index in [4.69, 9.17) is 0 Å². The summed E-state index contributed by atoms with van der Waals surface area (Å²) in [7, 11) is 1.81. The molecule has 0 spiro atoms. The summed E-state index contributed by atoms with van der Waals surface area (Å²) in [6, 6.07) is 12.8. The molecule has 0 saturated carbocycles. The first-order valence-electron chi connectivity index (χ1n) is 10.6. The average Bonchev–Trinajstić information content (AvgIpc) is 3.35. The Morgan fingerprint density at radius 1 is 1.14 bits per heavy atom. The number of hydrogen-bond donors (Lipinski definition) is 1. The number of imide groups is 1. The monoisotopic (exact) mass is 516 g/mol. The SMILES string of the molecule is CNCc1cc(C)nc(Sc2nc3ccc(N4C(=O)c5ccc([N+](=O)[O-])cc5C4=O)cc3s2)c1C#N. The van der Waals surface area contributed by atoms with Gasteiger partial charge < -0.3 is 5.32 Å². The van der Waals surface area contributed by atoms with Gasteiger partial charge in [0.15, 0.2) is 4.34 Å². The van der Waals surface area contributed by atoms with Crippen molar-refractivity contribution in [3.63, 3.8) is 0 Å². The van der Waals surface area contributed by atoms with Crippen LogP contribution in [0.25, 0.3) is 10.2 Å². The minimum Gasteiger partial charge on any atom is -0.316 e. The normalized spacial score (nSPS) is 12.8. The number of anilines is 1. The van der Waals surface area contributed by atoms with E-state index in [2.05, 4.69) is 21.4 Å². The van der Waals surface area contributed by atoms with E-state index in [1.165, 1.54) is 35.2 Å². The minimum absolute atomic E-state index is 0.00164.